The molecule has 1 aliphatic heterocycles. The van der Waals surface area contributed by atoms with Crippen LogP contribution in [0.4, 0.5) is 21.9 Å². The molecule has 3 N–H and O–H groups in total. The van der Waals surface area contributed by atoms with Gasteiger partial charge in [0.25, 0.3) is 0 Å². The first-order valence-electron chi connectivity index (χ1n) is 13.6. The summed E-state index contributed by atoms with van der Waals surface area (Å²) in [7, 11) is 3.20. The van der Waals surface area contributed by atoms with E-state index in [-0.39, 0.29) is 16.3 Å². The zero-order chi connectivity index (χ0) is 29.9. The molecule has 216 valence electrons. The standard InChI is InChI=1S/C34H34ClN3O4/c1-21-19-34(2,3)38-28-18-16-23(25(30(21)28)20-36-27-13-9-10-14-29(27)40-4)24-15-17-26(35)32(31(24)41-5)42-33(39)37-22-11-7-6-8-12-22/h6-19,36,38H,20H2,1-5H3,(H,37,39). The number of anilines is 3. The molecule has 4 aromatic carbocycles. The van der Waals surface area contributed by atoms with Crippen molar-refractivity contribution in [2.75, 3.05) is 30.2 Å². The predicted octanol–water partition coefficient (Wildman–Crippen LogP) is 8.85. The van der Waals surface area contributed by atoms with Gasteiger partial charge in [0.1, 0.15) is 5.75 Å². The molecule has 0 saturated heterocycles. The number of amides is 1. The highest BCUT2D eigenvalue weighted by molar-refractivity contribution is 6.32. The molecule has 1 aliphatic rings. The van der Waals surface area contributed by atoms with Gasteiger partial charge in [-0.2, -0.15) is 0 Å². The van der Waals surface area contributed by atoms with Gasteiger partial charge in [0, 0.05) is 29.0 Å². The molecular weight excluding hydrogens is 550 g/mol. The molecule has 4 aromatic rings. The van der Waals surface area contributed by atoms with Crippen molar-refractivity contribution < 1.29 is 19.0 Å². The molecule has 0 aliphatic carbocycles. The summed E-state index contributed by atoms with van der Waals surface area (Å²) in [5, 5.41) is 10.2. The Morgan fingerprint density at radius 2 is 1.60 bits per heavy atom. The number of halogens is 1. The molecule has 42 heavy (non-hydrogen) atoms. The van der Waals surface area contributed by atoms with Crippen molar-refractivity contribution in [2.45, 2.75) is 32.9 Å². The number of carbonyl (C=O) groups excluding carboxylic acids is 1. The minimum Gasteiger partial charge on any atom is -0.495 e. The van der Waals surface area contributed by atoms with Crippen LogP contribution in [0.1, 0.15) is 31.9 Å². The van der Waals surface area contributed by atoms with Crippen molar-refractivity contribution in [2.24, 2.45) is 0 Å². The fourth-order valence-electron chi connectivity index (χ4n) is 5.42. The molecule has 0 fully saturated rings. The Morgan fingerprint density at radius 1 is 0.881 bits per heavy atom. The number of hydrogen-bond acceptors (Lipinski definition) is 6. The number of carbonyl (C=O) groups is 1. The third-order valence-corrected chi connectivity index (χ3v) is 7.37. The minimum atomic E-state index is -0.674. The number of rotatable bonds is 8. The lowest BCUT2D eigenvalue weighted by atomic mass is 9.85. The van der Waals surface area contributed by atoms with E-state index in [4.69, 9.17) is 25.8 Å². The first kappa shape index (κ1) is 28.9. The van der Waals surface area contributed by atoms with Gasteiger partial charge in [0.05, 0.1) is 30.5 Å². The second-order valence-corrected chi connectivity index (χ2v) is 11.0. The topological polar surface area (TPSA) is 80.9 Å². The number of para-hydroxylation sites is 3. The maximum atomic E-state index is 12.8. The number of methoxy groups -OCH3 is 2. The van der Waals surface area contributed by atoms with Crippen LogP contribution in [0.2, 0.25) is 5.02 Å². The maximum Gasteiger partial charge on any atom is 0.417 e. The summed E-state index contributed by atoms with van der Waals surface area (Å²) >= 11 is 6.57. The Bertz CT molecular complexity index is 1650. The molecule has 1 amide bonds. The molecule has 8 heteroatoms. The smallest absolute Gasteiger partial charge is 0.417 e. The number of allylic oxidation sites excluding steroid dienone is 1. The molecule has 1 heterocycles. The molecule has 0 saturated carbocycles. The lowest BCUT2D eigenvalue weighted by Crippen LogP contribution is -2.32. The first-order valence-corrected chi connectivity index (χ1v) is 14.0. The Labute approximate surface area is 251 Å². The fourth-order valence-corrected chi connectivity index (χ4v) is 5.60. The monoisotopic (exact) mass is 583 g/mol. The van der Waals surface area contributed by atoms with Crippen molar-refractivity contribution >= 4 is 40.3 Å². The summed E-state index contributed by atoms with van der Waals surface area (Å²) in [4.78, 5) is 12.8. The van der Waals surface area contributed by atoms with Crippen molar-refractivity contribution in [1.29, 1.82) is 0 Å². The van der Waals surface area contributed by atoms with Gasteiger partial charge in [0.2, 0.25) is 0 Å². The minimum absolute atomic E-state index is 0.137. The normalized spacial score (nSPS) is 13.2. The molecule has 0 aromatic heterocycles. The Morgan fingerprint density at radius 3 is 2.33 bits per heavy atom. The van der Waals surface area contributed by atoms with Gasteiger partial charge in [-0.1, -0.05) is 54.1 Å². The van der Waals surface area contributed by atoms with Crippen LogP contribution >= 0.6 is 11.6 Å². The van der Waals surface area contributed by atoms with Crippen LogP contribution in [0, 0.1) is 0 Å². The number of hydrogen-bond donors (Lipinski definition) is 3. The fraction of sp³-hybridized carbons (Fsp3) is 0.206. The van der Waals surface area contributed by atoms with Gasteiger partial charge in [-0.25, -0.2) is 4.79 Å². The lowest BCUT2D eigenvalue weighted by Gasteiger charge is -2.33. The van der Waals surface area contributed by atoms with Gasteiger partial charge in [-0.3, -0.25) is 5.32 Å². The molecule has 0 bridgehead atoms. The summed E-state index contributed by atoms with van der Waals surface area (Å²) < 4.78 is 17.2. The van der Waals surface area contributed by atoms with E-state index in [0.717, 1.165) is 45.0 Å². The van der Waals surface area contributed by atoms with E-state index < -0.39 is 6.09 Å². The number of benzene rings is 4. The summed E-state index contributed by atoms with van der Waals surface area (Å²) in [6, 6.07) is 24.6. The highest BCUT2D eigenvalue weighted by atomic mass is 35.5. The van der Waals surface area contributed by atoms with Gasteiger partial charge >= 0.3 is 6.09 Å². The number of nitrogens with one attached hydrogen (secondary N) is 3. The molecule has 0 atom stereocenters. The van der Waals surface area contributed by atoms with E-state index in [2.05, 4.69) is 54.9 Å². The van der Waals surface area contributed by atoms with Crippen molar-refractivity contribution in [3.63, 3.8) is 0 Å². The first-order chi connectivity index (χ1) is 20.2. The highest BCUT2D eigenvalue weighted by Gasteiger charge is 2.28. The van der Waals surface area contributed by atoms with Crippen LogP contribution in [0.3, 0.4) is 0 Å². The van der Waals surface area contributed by atoms with Crippen LogP contribution in [0.5, 0.6) is 17.2 Å². The lowest BCUT2D eigenvalue weighted by molar-refractivity contribution is 0.213. The molecule has 0 unspecified atom stereocenters. The zero-order valence-electron chi connectivity index (χ0n) is 24.3. The molecule has 7 nitrogen and oxygen atoms in total. The summed E-state index contributed by atoms with van der Waals surface area (Å²) in [6.07, 6.45) is 1.56. The predicted molar refractivity (Wildman–Crippen MR) is 171 cm³/mol. The van der Waals surface area contributed by atoms with Gasteiger partial charge in [-0.15, -0.1) is 0 Å². The van der Waals surface area contributed by atoms with E-state index >= 15 is 0 Å². The maximum absolute atomic E-state index is 12.8. The van der Waals surface area contributed by atoms with Crippen LogP contribution in [0.25, 0.3) is 16.7 Å². The third kappa shape index (κ3) is 6.02. The van der Waals surface area contributed by atoms with Crippen LogP contribution in [0.15, 0.2) is 84.9 Å². The van der Waals surface area contributed by atoms with E-state index in [1.807, 2.05) is 48.5 Å². The van der Waals surface area contributed by atoms with E-state index in [1.54, 1.807) is 25.3 Å². The van der Waals surface area contributed by atoms with E-state index in [0.29, 0.717) is 18.0 Å². The third-order valence-electron chi connectivity index (χ3n) is 7.08. The summed E-state index contributed by atoms with van der Waals surface area (Å²) in [6.45, 7) is 6.90. The van der Waals surface area contributed by atoms with Gasteiger partial charge < -0.3 is 24.8 Å². The van der Waals surface area contributed by atoms with Crippen molar-refractivity contribution in [1.82, 2.24) is 0 Å². The largest absolute Gasteiger partial charge is 0.495 e. The SMILES string of the molecule is COc1ccccc1NCc1c(-c2ccc(Cl)c(OC(=O)Nc3ccccc3)c2OC)ccc2c1C(C)=CC(C)(C)N2. The zero-order valence-corrected chi connectivity index (χ0v) is 25.1. The Hall–Kier alpha value is -4.62. The van der Waals surface area contributed by atoms with Crippen molar-refractivity contribution in [3.05, 3.63) is 101 Å². The Kier molecular flexibility index (Phi) is 8.31. The highest BCUT2D eigenvalue weighted by Crippen LogP contribution is 2.47. The van der Waals surface area contributed by atoms with Crippen LogP contribution in [-0.2, 0) is 6.54 Å². The second-order valence-electron chi connectivity index (χ2n) is 10.6. The van der Waals surface area contributed by atoms with Crippen LogP contribution in [-0.4, -0.2) is 25.9 Å². The average Bonchev–Trinajstić information content (AvgIpc) is 2.96. The summed E-state index contributed by atoms with van der Waals surface area (Å²) in [5.74, 6) is 1.24. The van der Waals surface area contributed by atoms with E-state index in [1.165, 1.54) is 7.11 Å². The second kappa shape index (κ2) is 12.1. The average molecular weight is 584 g/mol. The number of fused-ring (bicyclic) bond motifs is 1. The quantitative estimate of drug-likeness (QED) is 0.192. The van der Waals surface area contributed by atoms with Gasteiger partial charge in [0.15, 0.2) is 11.5 Å². The molecular formula is C34H34ClN3O4. The van der Waals surface area contributed by atoms with Crippen molar-refractivity contribution in [3.8, 4) is 28.4 Å². The Balaban J connectivity index is 1.60. The molecule has 0 spiro atoms. The van der Waals surface area contributed by atoms with Crippen LogP contribution < -0.4 is 30.2 Å². The van der Waals surface area contributed by atoms with Gasteiger partial charge in [-0.05, 0) is 79.9 Å². The molecule has 0 radical (unpaired) electrons. The van der Waals surface area contributed by atoms with E-state index in [9.17, 15) is 4.79 Å². The molecule has 5 rings (SSSR count). The summed E-state index contributed by atoms with van der Waals surface area (Å²) in [5.41, 5.74) is 7.24. The number of ether oxygens (including phenoxy) is 3.